The van der Waals surface area contributed by atoms with Crippen LogP contribution in [0.4, 0.5) is 0 Å². The van der Waals surface area contributed by atoms with E-state index in [0.717, 1.165) is 13.2 Å². The second-order valence-electron chi connectivity index (χ2n) is 5.74. The van der Waals surface area contributed by atoms with Crippen molar-refractivity contribution in [2.24, 2.45) is 5.73 Å². The summed E-state index contributed by atoms with van der Waals surface area (Å²) in [5.41, 5.74) is 8.87. The van der Waals surface area contributed by atoms with Crippen molar-refractivity contribution in [1.29, 1.82) is 0 Å². The van der Waals surface area contributed by atoms with Gasteiger partial charge in [-0.1, -0.05) is 24.3 Å². The summed E-state index contributed by atoms with van der Waals surface area (Å²) in [5, 5.41) is 0. The van der Waals surface area contributed by atoms with Crippen molar-refractivity contribution in [2.75, 3.05) is 20.2 Å². The van der Waals surface area contributed by atoms with Crippen molar-refractivity contribution < 1.29 is 4.74 Å². The van der Waals surface area contributed by atoms with Crippen molar-refractivity contribution in [3.05, 3.63) is 35.4 Å². The molecule has 0 spiro atoms. The van der Waals surface area contributed by atoms with Gasteiger partial charge in [-0.05, 0) is 44.9 Å². The smallest absolute Gasteiger partial charge is 0.0702 e. The quantitative estimate of drug-likeness (QED) is 0.886. The van der Waals surface area contributed by atoms with Gasteiger partial charge in [0.1, 0.15) is 0 Å². The molecule has 2 N–H and O–H groups in total. The Balaban J connectivity index is 2.13. The number of aryl methyl sites for hydroxylation is 1. The van der Waals surface area contributed by atoms with Crippen molar-refractivity contribution in [3.8, 4) is 0 Å². The molecule has 0 aliphatic carbocycles. The van der Waals surface area contributed by atoms with Gasteiger partial charge in [0.2, 0.25) is 0 Å². The maximum Gasteiger partial charge on any atom is 0.0702 e. The number of nitrogens with zero attached hydrogens (tertiary/aromatic N) is 1. The fourth-order valence-electron chi connectivity index (χ4n) is 3.06. The van der Waals surface area contributed by atoms with Crippen LogP contribution in [0.1, 0.15) is 36.9 Å². The minimum absolute atomic E-state index is 0.104. The second kappa shape index (κ2) is 6.51. The third kappa shape index (κ3) is 3.56. The molecule has 0 radical (unpaired) electrons. The number of hydrogen-bond donors (Lipinski definition) is 1. The number of nitrogens with two attached hydrogens (primary N) is 1. The minimum Gasteiger partial charge on any atom is -0.377 e. The zero-order valence-corrected chi connectivity index (χ0v) is 12.3. The molecule has 1 aliphatic heterocycles. The molecule has 3 unspecified atom stereocenters. The molecule has 1 aromatic rings. The third-order valence-corrected chi connectivity index (χ3v) is 4.00. The normalized spacial score (nSPS) is 22.7. The highest BCUT2D eigenvalue weighted by molar-refractivity contribution is 5.29. The van der Waals surface area contributed by atoms with Crippen molar-refractivity contribution in [1.82, 2.24) is 4.90 Å². The maximum absolute atomic E-state index is 6.23. The molecular formula is C16H26N2O. The first-order chi connectivity index (χ1) is 9.09. The topological polar surface area (TPSA) is 38.5 Å². The average Bonchev–Trinajstić information content (AvgIpc) is 2.84. The van der Waals surface area contributed by atoms with Crippen LogP contribution in [0, 0.1) is 6.92 Å². The first kappa shape index (κ1) is 14.5. The standard InChI is InChI=1S/C16H26N2O/c1-12-7-4-5-9-15(12)16(13(2)17)18(3)11-14-8-6-10-19-14/h4-5,7,9,13-14,16H,6,8,10-11,17H2,1-3H3. The van der Waals surface area contributed by atoms with Gasteiger partial charge in [0, 0.05) is 25.2 Å². The van der Waals surface area contributed by atoms with Crippen LogP contribution in [-0.2, 0) is 4.74 Å². The van der Waals surface area contributed by atoms with Crippen LogP contribution in [0.3, 0.4) is 0 Å². The van der Waals surface area contributed by atoms with E-state index in [4.69, 9.17) is 10.5 Å². The fraction of sp³-hybridized carbons (Fsp3) is 0.625. The average molecular weight is 262 g/mol. The van der Waals surface area contributed by atoms with Crippen LogP contribution < -0.4 is 5.73 Å². The monoisotopic (exact) mass is 262 g/mol. The molecule has 1 aliphatic rings. The maximum atomic E-state index is 6.23. The Hall–Kier alpha value is -0.900. The Kier molecular flexibility index (Phi) is 4.97. The molecule has 0 bridgehead atoms. The van der Waals surface area contributed by atoms with Gasteiger partial charge in [0.15, 0.2) is 0 Å². The van der Waals surface area contributed by atoms with Gasteiger partial charge in [-0.15, -0.1) is 0 Å². The van der Waals surface area contributed by atoms with Crippen LogP contribution >= 0.6 is 0 Å². The summed E-state index contributed by atoms with van der Waals surface area (Å²) in [5.74, 6) is 0. The number of benzene rings is 1. The van der Waals surface area contributed by atoms with E-state index in [1.807, 2.05) is 0 Å². The number of likely N-dealkylation sites (N-methyl/N-ethyl adjacent to an activating group) is 1. The molecule has 3 heteroatoms. The predicted octanol–water partition coefficient (Wildman–Crippen LogP) is 2.49. The molecule has 19 heavy (non-hydrogen) atoms. The number of rotatable bonds is 5. The molecule has 3 nitrogen and oxygen atoms in total. The highest BCUT2D eigenvalue weighted by Gasteiger charge is 2.26. The third-order valence-electron chi connectivity index (χ3n) is 4.00. The highest BCUT2D eigenvalue weighted by Crippen LogP contribution is 2.26. The van der Waals surface area contributed by atoms with Crippen LogP contribution in [-0.4, -0.2) is 37.2 Å². The number of ether oxygens (including phenoxy) is 1. The van der Waals surface area contributed by atoms with E-state index in [1.54, 1.807) is 0 Å². The Morgan fingerprint density at radius 3 is 2.74 bits per heavy atom. The van der Waals surface area contributed by atoms with Gasteiger partial charge in [0.05, 0.1) is 6.10 Å². The summed E-state index contributed by atoms with van der Waals surface area (Å²) < 4.78 is 5.74. The van der Waals surface area contributed by atoms with E-state index < -0.39 is 0 Å². The summed E-state index contributed by atoms with van der Waals surface area (Å²) in [7, 11) is 2.15. The number of hydrogen-bond acceptors (Lipinski definition) is 3. The largest absolute Gasteiger partial charge is 0.377 e. The van der Waals surface area contributed by atoms with Gasteiger partial charge in [-0.3, -0.25) is 4.90 Å². The van der Waals surface area contributed by atoms with E-state index in [0.29, 0.717) is 6.10 Å². The lowest BCUT2D eigenvalue weighted by Crippen LogP contribution is -2.41. The lowest BCUT2D eigenvalue weighted by Gasteiger charge is -2.33. The van der Waals surface area contributed by atoms with Crippen LogP contribution in [0.15, 0.2) is 24.3 Å². The summed E-state index contributed by atoms with van der Waals surface area (Å²) in [4.78, 5) is 2.35. The van der Waals surface area contributed by atoms with Gasteiger partial charge >= 0.3 is 0 Å². The summed E-state index contributed by atoms with van der Waals surface area (Å²) in [6.07, 6.45) is 2.73. The molecule has 1 fully saturated rings. The van der Waals surface area contributed by atoms with E-state index in [2.05, 4.69) is 50.1 Å². The van der Waals surface area contributed by atoms with Gasteiger partial charge < -0.3 is 10.5 Å². The molecule has 1 aromatic carbocycles. The first-order valence-electron chi connectivity index (χ1n) is 7.22. The highest BCUT2D eigenvalue weighted by atomic mass is 16.5. The van der Waals surface area contributed by atoms with Crippen LogP contribution in [0.2, 0.25) is 0 Å². The molecule has 1 saturated heterocycles. The lowest BCUT2D eigenvalue weighted by atomic mass is 9.95. The van der Waals surface area contributed by atoms with E-state index >= 15 is 0 Å². The van der Waals surface area contributed by atoms with E-state index in [1.165, 1.54) is 24.0 Å². The zero-order chi connectivity index (χ0) is 13.8. The molecule has 0 amide bonds. The summed E-state index contributed by atoms with van der Waals surface area (Å²) >= 11 is 0. The van der Waals surface area contributed by atoms with E-state index in [9.17, 15) is 0 Å². The van der Waals surface area contributed by atoms with Gasteiger partial charge in [-0.25, -0.2) is 0 Å². The SMILES string of the molecule is Cc1ccccc1C(C(C)N)N(C)CC1CCCO1. The molecule has 3 atom stereocenters. The molecule has 2 rings (SSSR count). The fourth-order valence-corrected chi connectivity index (χ4v) is 3.06. The molecule has 1 heterocycles. The Morgan fingerprint density at radius 2 is 2.16 bits per heavy atom. The van der Waals surface area contributed by atoms with Crippen LogP contribution in [0.25, 0.3) is 0 Å². The summed E-state index contributed by atoms with van der Waals surface area (Å²) in [6, 6.07) is 8.88. The molecule has 106 valence electrons. The van der Waals surface area contributed by atoms with E-state index in [-0.39, 0.29) is 12.1 Å². The minimum atomic E-state index is 0.104. The second-order valence-corrected chi connectivity index (χ2v) is 5.74. The Morgan fingerprint density at radius 1 is 1.42 bits per heavy atom. The zero-order valence-electron chi connectivity index (χ0n) is 12.3. The van der Waals surface area contributed by atoms with Crippen molar-refractivity contribution >= 4 is 0 Å². The summed E-state index contributed by atoms with van der Waals surface area (Å²) in [6.45, 7) is 6.11. The van der Waals surface area contributed by atoms with Gasteiger partial charge in [-0.2, -0.15) is 0 Å². The van der Waals surface area contributed by atoms with Gasteiger partial charge in [0.25, 0.3) is 0 Å². The molecule has 0 saturated carbocycles. The van der Waals surface area contributed by atoms with Crippen molar-refractivity contribution in [3.63, 3.8) is 0 Å². The molecule has 0 aromatic heterocycles. The Bertz CT molecular complexity index is 399. The Labute approximate surface area is 116 Å². The predicted molar refractivity (Wildman–Crippen MR) is 79.2 cm³/mol. The lowest BCUT2D eigenvalue weighted by molar-refractivity contribution is 0.0641. The van der Waals surface area contributed by atoms with Crippen LogP contribution in [0.5, 0.6) is 0 Å². The van der Waals surface area contributed by atoms with Crippen molar-refractivity contribution in [2.45, 2.75) is 44.9 Å². The molecular weight excluding hydrogens is 236 g/mol. The first-order valence-corrected chi connectivity index (χ1v) is 7.22.